The van der Waals surface area contributed by atoms with E-state index in [0.29, 0.717) is 6.04 Å². The average Bonchev–Trinajstić information content (AvgIpc) is 2.41. The van der Waals surface area contributed by atoms with Gasteiger partial charge in [0, 0.05) is 11.6 Å². The summed E-state index contributed by atoms with van der Waals surface area (Å²) in [5.41, 5.74) is 1.10. The highest BCUT2D eigenvalue weighted by atomic mass is 15.1. The molecule has 2 rings (SSSR count). The Balaban J connectivity index is 1.83. The van der Waals surface area contributed by atoms with Crippen molar-refractivity contribution in [3.8, 4) is 11.8 Å². The second kappa shape index (κ2) is 6.44. The molecule has 0 aliphatic carbocycles. The minimum absolute atomic E-state index is 0.696. The maximum Gasteiger partial charge on any atom is 0.0605 e. The van der Waals surface area contributed by atoms with Crippen LogP contribution in [0.4, 0.5) is 0 Å². The predicted molar refractivity (Wildman–Crippen MR) is 71.8 cm³/mol. The second-order valence-electron chi connectivity index (χ2n) is 4.56. The van der Waals surface area contributed by atoms with Crippen molar-refractivity contribution in [2.75, 3.05) is 26.7 Å². The molecule has 17 heavy (non-hydrogen) atoms. The van der Waals surface area contributed by atoms with E-state index in [0.717, 1.165) is 25.2 Å². The van der Waals surface area contributed by atoms with Crippen molar-refractivity contribution in [3.05, 3.63) is 35.9 Å². The van der Waals surface area contributed by atoms with E-state index in [-0.39, 0.29) is 0 Å². The third-order valence-corrected chi connectivity index (χ3v) is 3.27. The number of piperidine rings is 1. The Morgan fingerprint density at radius 3 is 2.65 bits per heavy atom. The van der Waals surface area contributed by atoms with Crippen LogP contribution in [0.3, 0.4) is 0 Å². The van der Waals surface area contributed by atoms with E-state index in [1.54, 1.807) is 0 Å². The van der Waals surface area contributed by atoms with Gasteiger partial charge in [-0.1, -0.05) is 30.0 Å². The van der Waals surface area contributed by atoms with Crippen LogP contribution in [0, 0.1) is 11.8 Å². The molecule has 2 nitrogen and oxygen atoms in total. The van der Waals surface area contributed by atoms with Gasteiger partial charge in [-0.3, -0.25) is 4.90 Å². The summed E-state index contributed by atoms with van der Waals surface area (Å²) < 4.78 is 0. The maximum atomic E-state index is 3.39. The van der Waals surface area contributed by atoms with Gasteiger partial charge in [0.1, 0.15) is 0 Å². The molecule has 0 bridgehead atoms. The zero-order valence-corrected chi connectivity index (χ0v) is 10.4. The molecule has 1 aromatic rings. The molecule has 1 aliphatic heterocycles. The molecule has 0 amide bonds. The van der Waals surface area contributed by atoms with E-state index < -0.39 is 0 Å². The van der Waals surface area contributed by atoms with Gasteiger partial charge in [0.2, 0.25) is 0 Å². The molecule has 0 spiro atoms. The lowest BCUT2D eigenvalue weighted by atomic mass is 10.1. The molecule has 0 atom stereocenters. The number of hydrogen-bond acceptors (Lipinski definition) is 2. The number of benzene rings is 1. The lowest BCUT2D eigenvalue weighted by molar-refractivity contribution is 0.220. The van der Waals surface area contributed by atoms with Crippen LogP contribution in [-0.2, 0) is 0 Å². The van der Waals surface area contributed by atoms with Crippen LogP contribution in [0.15, 0.2) is 30.3 Å². The smallest absolute Gasteiger partial charge is 0.0605 e. The van der Waals surface area contributed by atoms with Crippen molar-refractivity contribution >= 4 is 0 Å². The predicted octanol–water partition coefficient (Wildman–Crippen LogP) is 1.72. The van der Waals surface area contributed by atoms with Gasteiger partial charge < -0.3 is 5.32 Å². The highest BCUT2D eigenvalue weighted by Gasteiger charge is 2.16. The molecular weight excluding hydrogens is 208 g/mol. The molecule has 1 N–H and O–H groups in total. The molecule has 1 heterocycles. The number of rotatable bonds is 2. The maximum absolute atomic E-state index is 3.39. The first-order valence-corrected chi connectivity index (χ1v) is 6.31. The third kappa shape index (κ3) is 3.89. The van der Waals surface area contributed by atoms with Gasteiger partial charge >= 0.3 is 0 Å². The van der Waals surface area contributed by atoms with Crippen molar-refractivity contribution < 1.29 is 0 Å². The van der Waals surface area contributed by atoms with Gasteiger partial charge in [-0.15, -0.1) is 0 Å². The topological polar surface area (TPSA) is 15.3 Å². The zero-order valence-electron chi connectivity index (χ0n) is 10.4. The highest BCUT2D eigenvalue weighted by Crippen LogP contribution is 2.08. The monoisotopic (exact) mass is 228 g/mol. The minimum Gasteiger partial charge on any atom is -0.317 e. The Kier molecular flexibility index (Phi) is 4.61. The fourth-order valence-corrected chi connectivity index (χ4v) is 2.16. The van der Waals surface area contributed by atoms with Crippen molar-refractivity contribution in [2.45, 2.75) is 18.9 Å². The Bertz CT molecular complexity index is 382. The Morgan fingerprint density at radius 1 is 1.24 bits per heavy atom. The first-order valence-electron chi connectivity index (χ1n) is 6.31. The van der Waals surface area contributed by atoms with E-state index in [1.165, 1.54) is 12.8 Å². The van der Waals surface area contributed by atoms with Gasteiger partial charge in [0.05, 0.1) is 6.54 Å². The Labute approximate surface area is 104 Å². The molecule has 1 fully saturated rings. The van der Waals surface area contributed by atoms with Crippen molar-refractivity contribution in [1.29, 1.82) is 0 Å². The summed E-state index contributed by atoms with van der Waals surface area (Å²) in [6.07, 6.45) is 2.48. The number of hydrogen-bond donors (Lipinski definition) is 1. The summed E-state index contributed by atoms with van der Waals surface area (Å²) >= 11 is 0. The van der Waals surface area contributed by atoms with E-state index in [2.05, 4.69) is 41.2 Å². The molecule has 1 aliphatic rings. The fraction of sp³-hybridized carbons (Fsp3) is 0.467. The van der Waals surface area contributed by atoms with Crippen LogP contribution in [0.5, 0.6) is 0 Å². The van der Waals surface area contributed by atoms with Crippen LogP contribution in [0.2, 0.25) is 0 Å². The largest absolute Gasteiger partial charge is 0.317 e. The van der Waals surface area contributed by atoms with Crippen molar-refractivity contribution in [3.63, 3.8) is 0 Å². The van der Waals surface area contributed by atoms with E-state index in [9.17, 15) is 0 Å². The van der Waals surface area contributed by atoms with E-state index in [1.807, 2.05) is 18.2 Å². The minimum atomic E-state index is 0.696. The van der Waals surface area contributed by atoms with Crippen molar-refractivity contribution in [2.24, 2.45) is 0 Å². The molecule has 0 unspecified atom stereocenters. The lowest BCUT2D eigenvalue weighted by Crippen LogP contribution is -2.41. The van der Waals surface area contributed by atoms with Crippen LogP contribution < -0.4 is 5.32 Å². The molecule has 0 aromatic heterocycles. The second-order valence-corrected chi connectivity index (χ2v) is 4.56. The Morgan fingerprint density at radius 2 is 1.94 bits per heavy atom. The third-order valence-electron chi connectivity index (χ3n) is 3.27. The van der Waals surface area contributed by atoms with Crippen molar-refractivity contribution in [1.82, 2.24) is 10.2 Å². The highest BCUT2D eigenvalue weighted by molar-refractivity contribution is 5.33. The molecule has 90 valence electrons. The molecule has 1 saturated heterocycles. The van der Waals surface area contributed by atoms with Gasteiger partial charge in [-0.2, -0.15) is 0 Å². The van der Waals surface area contributed by atoms with Gasteiger partial charge in [-0.25, -0.2) is 0 Å². The zero-order chi connectivity index (χ0) is 11.9. The van der Waals surface area contributed by atoms with E-state index in [4.69, 9.17) is 0 Å². The van der Waals surface area contributed by atoms with Crippen LogP contribution in [-0.4, -0.2) is 37.6 Å². The van der Waals surface area contributed by atoms with Crippen LogP contribution in [0.1, 0.15) is 18.4 Å². The van der Waals surface area contributed by atoms with Crippen LogP contribution in [0.25, 0.3) is 0 Å². The number of nitrogens with zero attached hydrogens (tertiary/aromatic N) is 1. The number of nitrogens with one attached hydrogen (secondary N) is 1. The molecular formula is C15H20N2. The lowest BCUT2D eigenvalue weighted by Gasteiger charge is -2.30. The molecule has 0 saturated carbocycles. The SMILES string of the molecule is CN(CC#Cc1ccccc1)C1CCNCC1. The average molecular weight is 228 g/mol. The first kappa shape index (κ1) is 12.2. The normalized spacial score (nSPS) is 16.6. The summed E-state index contributed by atoms with van der Waals surface area (Å²) in [5, 5.41) is 3.39. The molecule has 1 aromatic carbocycles. The summed E-state index contributed by atoms with van der Waals surface area (Å²) in [5.74, 6) is 6.46. The van der Waals surface area contributed by atoms with E-state index >= 15 is 0 Å². The van der Waals surface area contributed by atoms with Gasteiger partial charge in [0.15, 0.2) is 0 Å². The van der Waals surface area contributed by atoms with Gasteiger partial charge in [-0.05, 0) is 45.1 Å². The first-order chi connectivity index (χ1) is 8.36. The standard InChI is InChI=1S/C15H20N2/c1-17(15-9-11-16-12-10-15)13-5-8-14-6-3-2-4-7-14/h2-4,6-7,15-16H,9-13H2,1H3. The summed E-state index contributed by atoms with van der Waals surface area (Å²) in [7, 11) is 2.18. The Hall–Kier alpha value is -1.30. The fourth-order valence-electron chi connectivity index (χ4n) is 2.16. The molecule has 2 heteroatoms. The summed E-state index contributed by atoms with van der Waals surface area (Å²) in [4.78, 5) is 2.37. The molecule has 0 radical (unpaired) electrons. The summed E-state index contributed by atoms with van der Waals surface area (Å²) in [6.45, 7) is 3.14. The summed E-state index contributed by atoms with van der Waals surface area (Å²) in [6, 6.07) is 10.9. The quantitative estimate of drug-likeness (QED) is 0.775. The van der Waals surface area contributed by atoms with Crippen LogP contribution >= 0.6 is 0 Å². The van der Waals surface area contributed by atoms with Gasteiger partial charge in [0.25, 0.3) is 0 Å².